The number of alkyl halides is 2. The Morgan fingerprint density at radius 1 is 1.13 bits per heavy atom. The number of nitrogens with one attached hydrogen (secondary N) is 1. The molecule has 0 radical (unpaired) electrons. The summed E-state index contributed by atoms with van der Waals surface area (Å²) in [6.07, 6.45) is -3.06. The fourth-order valence-electron chi connectivity index (χ4n) is 1.84. The molecule has 0 fully saturated rings. The van der Waals surface area contributed by atoms with Crippen molar-refractivity contribution in [1.82, 2.24) is 0 Å². The average Bonchev–Trinajstić information content (AvgIpc) is 2.46. The Morgan fingerprint density at radius 2 is 1.78 bits per heavy atom. The average molecular weight is 344 g/mol. The van der Waals surface area contributed by atoms with Gasteiger partial charge in [-0.2, -0.15) is 0 Å². The Bertz CT molecular complexity index is 854. The number of carbonyl (C=O) groups is 1. The van der Waals surface area contributed by atoms with Gasteiger partial charge in [-0.05, 0) is 24.3 Å². The molecule has 0 unspecified atom stereocenters. The van der Waals surface area contributed by atoms with Gasteiger partial charge in [-0.3, -0.25) is 4.79 Å². The highest BCUT2D eigenvalue weighted by atomic mass is 32.2. The summed E-state index contributed by atoms with van der Waals surface area (Å²) in [5.74, 6) is -2.32. The molecule has 0 atom stereocenters. The molecule has 0 aliphatic rings. The highest BCUT2D eigenvalue weighted by Gasteiger charge is 2.20. The maximum Gasteiger partial charge on any atom is 0.266 e. The van der Waals surface area contributed by atoms with E-state index in [4.69, 9.17) is 5.14 Å². The molecule has 0 saturated carbocycles. The molecule has 2 aromatic carbocycles. The van der Waals surface area contributed by atoms with E-state index in [9.17, 15) is 26.4 Å². The Hall–Kier alpha value is -2.39. The monoisotopic (exact) mass is 344 g/mol. The number of halogens is 3. The molecule has 0 saturated heterocycles. The molecule has 2 rings (SSSR count). The van der Waals surface area contributed by atoms with Gasteiger partial charge >= 0.3 is 0 Å². The van der Waals surface area contributed by atoms with Gasteiger partial charge in [-0.1, -0.05) is 18.2 Å². The second-order valence-corrected chi connectivity index (χ2v) is 6.10. The lowest BCUT2D eigenvalue weighted by molar-refractivity contribution is 0.102. The minimum Gasteiger partial charge on any atom is -0.322 e. The van der Waals surface area contributed by atoms with Crippen LogP contribution in [0.25, 0.3) is 0 Å². The second-order valence-electron chi connectivity index (χ2n) is 4.54. The van der Waals surface area contributed by atoms with E-state index in [2.05, 4.69) is 5.32 Å². The normalized spacial score (nSPS) is 11.5. The first-order valence-corrected chi connectivity index (χ1v) is 7.75. The van der Waals surface area contributed by atoms with E-state index in [1.165, 1.54) is 18.2 Å². The van der Waals surface area contributed by atoms with Crippen LogP contribution in [0.15, 0.2) is 47.4 Å². The summed E-state index contributed by atoms with van der Waals surface area (Å²) >= 11 is 0. The first-order valence-electron chi connectivity index (χ1n) is 6.21. The van der Waals surface area contributed by atoms with Crippen LogP contribution < -0.4 is 10.5 Å². The number of anilines is 1. The molecule has 2 aromatic rings. The zero-order valence-electron chi connectivity index (χ0n) is 11.5. The van der Waals surface area contributed by atoms with Crippen molar-refractivity contribution in [2.75, 3.05) is 5.32 Å². The lowest BCUT2D eigenvalue weighted by atomic mass is 10.1. The SMILES string of the molecule is NS(=O)(=O)c1cccc(NC(=O)c2cccc(C(F)F)c2F)c1. The number of hydrogen-bond acceptors (Lipinski definition) is 3. The van der Waals surface area contributed by atoms with Crippen LogP contribution in [0.1, 0.15) is 22.3 Å². The van der Waals surface area contributed by atoms with Gasteiger partial charge < -0.3 is 5.32 Å². The number of benzene rings is 2. The van der Waals surface area contributed by atoms with Crippen molar-refractivity contribution < 1.29 is 26.4 Å². The van der Waals surface area contributed by atoms with Crippen molar-refractivity contribution in [1.29, 1.82) is 0 Å². The summed E-state index contributed by atoms with van der Waals surface area (Å²) in [7, 11) is -3.98. The number of rotatable bonds is 4. The van der Waals surface area contributed by atoms with Crippen LogP contribution >= 0.6 is 0 Å². The summed E-state index contributed by atoms with van der Waals surface area (Å²) in [5.41, 5.74) is -1.44. The van der Waals surface area contributed by atoms with Crippen molar-refractivity contribution >= 4 is 21.6 Å². The molecule has 0 aromatic heterocycles. The number of hydrogen-bond donors (Lipinski definition) is 2. The summed E-state index contributed by atoms with van der Waals surface area (Å²) in [6.45, 7) is 0. The van der Waals surface area contributed by atoms with Gasteiger partial charge in [0.2, 0.25) is 10.0 Å². The fourth-order valence-corrected chi connectivity index (χ4v) is 2.40. The van der Waals surface area contributed by atoms with Crippen LogP contribution in [-0.2, 0) is 10.0 Å². The van der Waals surface area contributed by atoms with E-state index in [0.717, 1.165) is 24.3 Å². The molecular formula is C14H11F3N2O3S. The molecule has 1 amide bonds. The predicted octanol–water partition coefficient (Wildman–Crippen LogP) is 2.66. The second kappa shape index (κ2) is 6.39. The highest BCUT2D eigenvalue weighted by molar-refractivity contribution is 7.89. The first kappa shape index (κ1) is 17.0. The number of carbonyl (C=O) groups excluding carboxylic acids is 1. The number of primary sulfonamides is 1. The molecule has 5 nitrogen and oxygen atoms in total. The molecule has 3 N–H and O–H groups in total. The van der Waals surface area contributed by atoms with E-state index in [1.807, 2.05) is 0 Å². The maximum atomic E-state index is 13.9. The van der Waals surface area contributed by atoms with Gasteiger partial charge in [0.1, 0.15) is 5.82 Å². The molecular weight excluding hydrogens is 333 g/mol. The smallest absolute Gasteiger partial charge is 0.266 e. The molecule has 0 spiro atoms. The van der Waals surface area contributed by atoms with E-state index in [-0.39, 0.29) is 10.6 Å². The minimum absolute atomic E-state index is 0.0309. The molecule has 0 aliphatic carbocycles. The third-order valence-electron chi connectivity index (χ3n) is 2.93. The van der Waals surface area contributed by atoms with Crippen LogP contribution in [-0.4, -0.2) is 14.3 Å². The van der Waals surface area contributed by atoms with E-state index < -0.39 is 39.3 Å². The molecule has 0 bridgehead atoms. The summed E-state index contributed by atoms with van der Waals surface area (Å²) in [5, 5.41) is 7.19. The Labute approximate surface area is 130 Å². The lowest BCUT2D eigenvalue weighted by Crippen LogP contribution is -2.16. The van der Waals surface area contributed by atoms with Crippen LogP contribution in [0.3, 0.4) is 0 Å². The third kappa shape index (κ3) is 3.88. The predicted molar refractivity (Wildman–Crippen MR) is 77.1 cm³/mol. The first-order chi connectivity index (χ1) is 10.7. The number of amides is 1. The molecule has 9 heteroatoms. The molecule has 23 heavy (non-hydrogen) atoms. The van der Waals surface area contributed by atoms with Gasteiger partial charge in [0.25, 0.3) is 12.3 Å². The number of nitrogens with two attached hydrogens (primary N) is 1. The topological polar surface area (TPSA) is 89.3 Å². The largest absolute Gasteiger partial charge is 0.322 e. The van der Waals surface area contributed by atoms with Gasteiger partial charge in [-0.25, -0.2) is 26.7 Å². The molecule has 122 valence electrons. The fraction of sp³-hybridized carbons (Fsp3) is 0.0714. The van der Waals surface area contributed by atoms with Crippen molar-refractivity contribution in [3.63, 3.8) is 0 Å². The van der Waals surface area contributed by atoms with E-state index in [0.29, 0.717) is 0 Å². The van der Waals surface area contributed by atoms with Gasteiger partial charge in [0.05, 0.1) is 16.0 Å². The summed E-state index contributed by atoms with van der Waals surface area (Å²) in [6, 6.07) is 7.99. The molecule has 0 heterocycles. The summed E-state index contributed by atoms with van der Waals surface area (Å²) in [4.78, 5) is 11.7. The van der Waals surface area contributed by atoms with Crippen molar-refractivity contribution in [2.45, 2.75) is 11.3 Å². The van der Waals surface area contributed by atoms with Gasteiger partial charge in [0.15, 0.2) is 0 Å². The Kier molecular flexibility index (Phi) is 4.71. The quantitative estimate of drug-likeness (QED) is 0.893. The standard InChI is InChI=1S/C14H11F3N2O3S/c15-12-10(13(16)17)5-2-6-11(12)14(20)19-8-3-1-4-9(7-8)23(18,21)22/h1-7,13H,(H,19,20)(H2,18,21,22). The minimum atomic E-state index is -3.98. The van der Waals surface area contributed by atoms with Crippen molar-refractivity contribution in [3.8, 4) is 0 Å². The highest BCUT2D eigenvalue weighted by Crippen LogP contribution is 2.24. The zero-order chi connectivity index (χ0) is 17.2. The maximum absolute atomic E-state index is 13.9. The third-order valence-corrected chi connectivity index (χ3v) is 3.84. The van der Waals surface area contributed by atoms with E-state index >= 15 is 0 Å². The van der Waals surface area contributed by atoms with Crippen LogP contribution in [0, 0.1) is 5.82 Å². The Morgan fingerprint density at radius 3 is 2.39 bits per heavy atom. The van der Waals surface area contributed by atoms with Crippen LogP contribution in [0.2, 0.25) is 0 Å². The van der Waals surface area contributed by atoms with Gasteiger partial charge in [0, 0.05) is 5.69 Å². The Balaban J connectivity index is 2.32. The van der Waals surface area contributed by atoms with Gasteiger partial charge in [-0.15, -0.1) is 0 Å². The van der Waals surface area contributed by atoms with E-state index in [1.54, 1.807) is 0 Å². The van der Waals surface area contributed by atoms with Crippen molar-refractivity contribution in [3.05, 3.63) is 59.4 Å². The lowest BCUT2D eigenvalue weighted by Gasteiger charge is -2.09. The summed E-state index contributed by atoms with van der Waals surface area (Å²) < 4.78 is 61.6. The zero-order valence-corrected chi connectivity index (χ0v) is 12.3. The van der Waals surface area contributed by atoms with Crippen molar-refractivity contribution in [2.24, 2.45) is 5.14 Å². The number of sulfonamides is 1. The van der Waals surface area contributed by atoms with Crippen LogP contribution in [0.4, 0.5) is 18.9 Å². The molecule has 0 aliphatic heterocycles. The van der Waals surface area contributed by atoms with Crippen LogP contribution in [0.5, 0.6) is 0 Å².